The van der Waals surface area contributed by atoms with Crippen molar-refractivity contribution in [2.75, 3.05) is 18.7 Å². The lowest BCUT2D eigenvalue weighted by atomic mass is 10.2. The Morgan fingerprint density at radius 2 is 1.88 bits per heavy atom. The van der Waals surface area contributed by atoms with Gasteiger partial charge in [0.2, 0.25) is 24.5 Å². The molecule has 0 atom stereocenters. The van der Waals surface area contributed by atoms with E-state index in [1.807, 2.05) is 37.4 Å². The zero-order chi connectivity index (χ0) is 23.1. The van der Waals surface area contributed by atoms with Gasteiger partial charge < -0.3 is 19.4 Å². The van der Waals surface area contributed by atoms with Crippen molar-refractivity contribution in [1.29, 1.82) is 0 Å². The van der Waals surface area contributed by atoms with Crippen LogP contribution in [0, 0.1) is 13.8 Å². The number of rotatable bonds is 6. The highest BCUT2D eigenvalue weighted by Crippen LogP contribution is 2.36. The van der Waals surface area contributed by atoms with E-state index in [9.17, 15) is 14.4 Å². The van der Waals surface area contributed by atoms with Gasteiger partial charge in [-0.25, -0.2) is 4.98 Å². The van der Waals surface area contributed by atoms with Crippen LogP contribution in [0.3, 0.4) is 0 Å². The van der Waals surface area contributed by atoms with Gasteiger partial charge in [-0.05, 0) is 32.0 Å². The van der Waals surface area contributed by atoms with Crippen LogP contribution >= 0.6 is 11.3 Å². The molecule has 0 unspecified atom stereocenters. The molecule has 2 aliphatic heterocycles. The first kappa shape index (κ1) is 21.2. The first-order chi connectivity index (χ1) is 15.9. The van der Waals surface area contributed by atoms with E-state index in [2.05, 4.69) is 20.9 Å². The normalized spacial score (nSPS) is 14.9. The minimum atomic E-state index is -0.283. The molecule has 3 amide bonds. The van der Waals surface area contributed by atoms with Gasteiger partial charge in [0.1, 0.15) is 0 Å². The van der Waals surface area contributed by atoms with Gasteiger partial charge in [-0.15, -0.1) is 11.3 Å². The van der Waals surface area contributed by atoms with Crippen LogP contribution in [-0.4, -0.2) is 45.5 Å². The molecule has 1 aromatic carbocycles. The summed E-state index contributed by atoms with van der Waals surface area (Å²) in [7, 11) is 0. The number of carbonyl (C=O) groups is 3. The van der Waals surface area contributed by atoms with Gasteiger partial charge in [-0.2, -0.15) is 0 Å². The second kappa shape index (κ2) is 8.36. The number of carbonyl (C=O) groups excluding carboxylic acids is 3. The third kappa shape index (κ3) is 3.97. The molecule has 2 aromatic heterocycles. The Balaban J connectivity index is 1.30. The molecule has 33 heavy (non-hydrogen) atoms. The zero-order valence-electron chi connectivity index (χ0n) is 18.2. The van der Waals surface area contributed by atoms with Crippen molar-refractivity contribution in [1.82, 2.24) is 14.5 Å². The van der Waals surface area contributed by atoms with Gasteiger partial charge >= 0.3 is 0 Å². The van der Waals surface area contributed by atoms with Crippen LogP contribution in [0.15, 0.2) is 29.6 Å². The Kier molecular flexibility index (Phi) is 5.37. The lowest BCUT2D eigenvalue weighted by molar-refractivity contribution is -0.138. The second-order valence-corrected chi connectivity index (χ2v) is 8.79. The molecular formula is C23H22N4O5S. The number of nitrogens with one attached hydrogen (secondary N) is 1. The lowest BCUT2D eigenvalue weighted by Crippen LogP contribution is -2.32. The molecule has 0 bridgehead atoms. The van der Waals surface area contributed by atoms with E-state index in [4.69, 9.17) is 9.47 Å². The summed E-state index contributed by atoms with van der Waals surface area (Å²) in [5.74, 6) is 0.732. The summed E-state index contributed by atoms with van der Waals surface area (Å²) in [6.07, 6.45) is 0.493. The van der Waals surface area contributed by atoms with Crippen LogP contribution in [0.25, 0.3) is 16.9 Å². The Hall–Kier alpha value is -3.66. The summed E-state index contributed by atoms with van der Waals surface area (Å²) >= 11 is 1.33. The van der Waals surface area contributed by atoms with Crippen molar-refractivity contribution in [2.24, 2.45) is 0 Å². The number of fused-ring (bicyclic) bond motifs is 1. The highest BCUT2D eigenvalue weighted by atomic mass is 32.1. The lowest BCUT2D eigenvalue weighted by Gasteiger charge is -2.12. The minimum absolute atomic E-state index is 0.0466. The van der Waals surface area contributed by atoms with Crippen LogP contribution in [-0.2, 0) is 14.4 Å². The number of hydrogen-bond donors (Lipinski definition) is 1. The van der Waals surface area contributed by atoms with Crippen molar-refractivity contribution >= 4 is 34.2 Å². The number of ether oxygens (including phenoxy) is 2. The Morgan fingerprint density at radius 3 is 2.67 bits per heavy atom. The molecule has 3 aromatic rings. The molecule has 5 rings (SSSR count). The largest absolute Gasteiger partial charge is 0.454 e. The van der Waals surface area contributed by atoms with Gasteiger partial charge in [0, 0.05) is 59.9 Å². The molecule has 1 saturated heterocycles. The van der Waals surface area contributed by atoms with E-state index < -0.39 is 0 Å². The predicted molar refractivity (Wildman–Crippen MR) is 122 cm³/mol. The number of anilines is 1. The summed E-state index contributed by atoms with van der Waals surface area (Å²) in [4.78, 5) is 41.4. The molecule has 0 radical (unpaired) electrons. The fourth-order valence-electron chi connectivity index (χ4n) is 4.17. The molecule has 9 nitrogen and oxygen atoms in total. The van der Waals surface area contributed by atoms with Crippen LogP contribution in [0.5, 0.6) is 11.5 Å². The SMILES string of the molecule is Cc1cc(-c2csc(NC(=O)CCN3C(=O)CCC3=O)n2)c(C)n1-c1ccc2c(c1)OCO2. The van der Waals surface area contributed by atoms with Crippen LogP contribution in [0.4, 0.5) is 5.13 Å². The average molecular weight is 467 g/mol. The Morgan fingerprint density at radius 1 is 1.12 bits per heavy atom. The van der Waals surface area contributed by atoms with Gasteiger partial charge in [-0.3, -0.25) is 19.3 Å². The van der Waals surface area contributed by atoms with Gasteiger partial charge in [0.25, 0.3) is 0 Å². The molecule has 4 heterocycles. The highest BCUT2D eigenvalue weighted by Gasteiger charge is 2.29. The number of amides is 3. The van der Waals surface area contributed by atoms with E-state index >= 15 is 0 Å². The first-order valence-corrected chi connectivity index (χ1v) is 11.5. The number of thiazole rings is 1. The fraction of sp³-hybridized carbons (Fsp3) is 0.304. The van der Waals surface area contributed by atoms with E-state index in [0.717, 1.165) is 44.7 Å². The van der Waals surface area contributed by atoms with Crippen molar-refractivity contribution in [3.8, 4) is 28.4 Å². The standard InChI is InChI=1S/C23H22N4O5S/c1-13-9-16(14(2)27(13)15-3-4-18-19(10-15)32-12-31-18)17-11-33-23(24-17)25-20(28)7-8-26-21(29)5-6-22(26)30/h3-4,9-11H,5-8,12H2,1-2H3,(H,24,25,28). The quantitative estimate of drug-likeness (QED) is 0.559. The van der Waals surface area contributed by atoms with Crippen molar-refractivity contribution < 1.29 is 23.9 Å². The summed E-state index contributed by atoms with van der Waals surface area (Å²) in [5, 5.41) is 5.14. The number of benzene rings is 1. The summed E-state index contributed by atoms with van der Waals surface area (Å²) in [5.41, 5.74) is 4.76. The predicted octanol–water partition coefficient (Wildman–Crippen LogP) is 3.42. The molecule has 170 valence electrons. The minimum Gasteiger partial charge on any atom is -0.454 e. The maximum atomic E-state index is 12.3. The summed E-state index contributed by atoms with van der Waals surface area (Å²) in [6.45, 7) is 4.37. The Bertz CT molecular complexity index is 1260. The highest BCUT2D eigenvalue weighted by molar-refractivity contribution is 7.14. The van der Waals surface area contributed by atoms with E-state index in [-0.39, 0.29) is 50.3 Å². The summed E-state index contributed by atoms with van der Waals surface area (Å²) in [6, 6.07) is 7.90. The molecule has 0 aliphatic carbocycles. The zero-order valence-corrected chi connectivity index (χ0v) is 19.0. The average Bonchev–Trinajstić information content (AvgIpc) is 3.55. The molecule has 10 heteroatoms. The molecule has 0 saturated carbocycles. The van der Waals surface area contributed by atoms with Crippen LogP contribution in [0.1, 0.15) is 30.7 Å². The molecule has 0 spiro atoms. The maximum Gasteiger partial charge on any atom is 0.231 e. The number of hydrogen-bond acceptors (Lipinski definition) is 7. The monoisotopic (exact) mass is 466 g/mol. The van der Waals surface area contributed by atoms with Gasteiger partial charge in [-0.1, -0.05) is 0 Å². The first-order valence-electron chi connectivity index (χ1n) is 10.6. The summed E-state index contributed by atoms with van der Waals surface area (Å²) < 4.78 is 13.0. The number of nitrogens with zero attached hydrogens (tertiary/aromatic N) is 3. The number of aryl methyl sites for hydroxylation is 1. The maximum absolute atomic E-state index is 12.3. The molecule has 1 N–H and O–H groups in total. The third-order valence-corrected chi connectivity index (χ3v) is 6.55. The molecular weight excluding hydrogens is 444 g/mol. The van der Waals surface area contributed by atoms with E-state index in [0.29, 0.717) is 5.13 Å². The number of likely N-dealkylation sites (tertiary alicyclic amines) is 1. The number of aromatic nitrogens is 2. The van der Waals surface area contributed by atoms with Gasteiger partial charge in [0.15, 0.2) is 16.6 Å². The molecule has 1 fully saturated rings. The second-order valence-electron chi connectivity index (χ2n) is 7.93. The van der Waals surface area contributed by atoms with Crippen molar-refractivity contribution in [3.63, 3.8) is 0 Å². The number of imide groups is 1. The smallest absolute Gasteiger partial charge is 0.231 e. The van der Waals surface area contributed by atoms with Crippen LogP contribution < -0.4 is 14.8 Å². The Labute approximate surface area is 193 Å². The van der Waals surface area contributed by atoms with Gasteiger partial charge in [0.05, 0.1) is 5.69 Å². The third-order valence-electron chi connectivity index (χ3n) is 5.79. The van der Waals surface area contributed by atoms with E-state index in [1.165, 1.54) is 11.3 Å². The van der Waals surface area contributed by atoms with Crippen molar-refractivity contribution in [3.05, 3.63) is 41.0 Å². The fourth-order valence-corrected chi connectivity index (χ4v) is 4.89. The molecule has 2 aliphatic rings. The van der Waals surface area contributed by atoms with Crippen LogP contribution in [0.2, 0.25) is 0 Å². The van der Waals surface area contributed by atoms with Crippen molar-refractivity contribution in [2.45, 2.75) is 33.1 Å². The van der Waals surface area contributed by atoms with E-state index in [1.54, 1.807) is 0 Å². The topological polar surface area (TPSA) is 103 Å².